The summed E-state index contributed by atoms with van der Waals surface area (Å²) >= 11 is 0. The van der Waals surface area contributed by atoms with Crippen LogP contribution >= 0.6 is 0 Å². The number of carbonyl (C=O) groups excluding carboxylic acids is 1. The number of hydrogen-bond acceptors (Lipinski definition) is 7. The molecule has 0 spiro atoms. The van der Waals surface area contributed by atoms with Gasteiger partial charge in [-0.3, -0.25) is 0 Å². The van der Waals surface area contributed by atoms with Gasteiger partial charge in [0.25, 0.3) is 0 Å². The summed E-state index contributed by atoms with van der Waals surface area (Å²) in [5.74, 6) is 0. The van der Waals surface area contributed by atoms with E-state index in [4.69, 9.17) is 31.3 Å². The van der Waals surface area contributed by atoms with Crippen molar-refractivity contribution < 1.29 is 30.3 Å². The van der Waals surface area contributed by atoms with Crippen LogP contribution in [0, 0.1) is 0 Å². The van der Waals surface area contributed by atoms with E-state index in [1.807, 2.05) is 0 Å². The van der Waals surface area contributed by atoms with E-state index < -0.39 is 30.5 Å². The fourth-order valence-electron chi connectivity index (χ4n) is 0.852. The number of aliphatic hydroxyl groups excluding tert-OH is 5. The largest absolute Gasteiger partial charge is 0.389 e. The molecule has 0 amide bonds. The average molecular weight is 209 g/mol. The Morgan fingerprint density at radius 3 is 1.86 bits per heavy atom. The monoisotopic (exact) mass is 209 g/mol. The second-order valence-electron chi connectivity index (χ2n) is 2.90. The van der Waals surface area contributed by atoms with Gasteiger partial charge in [-0.2, -0.15) is 0 Å². The van der Waals surface area contributed by atoms with Crippen molar-refractivity contribution in [3.05, 3.63) is 0 Å². The molecule has 0 saturated heterocycles. The molecule has 0 aliphatic rings. The molecular weight excluding hydrogens is 194 g/mol. The molecule has 14 heavy (non-hydrogen) atoms. The number of aliphatic hydroxyl groups is 5. The molecule has 0 aromatic carbocycles. The number of aldehydes is 1. The van der Waals surface area contributed by atoms with Gasteiger partial charge in [0.05, 0.1) is 6.10 Å². The van der Waals surface area contributed by atoms with Crippen LogP contribution in [0.5, 0.6) is 0 Å². The van der Waals surface area contributed by atoms with E-state index in [0.29, 0.717) is 0 Å². The normalized spacial score (nSPS) is 22.1. The lowest BCUT2D eigenvalue weighted by Gasteiger charge is -2.26. The summed E-state index contributed by atoms with van der Waals surface area (Å²) in [7, 11) is 0. The molecule has 0 aliphatic heterocycles. The van der Waals surface area contributed by atoms with E-state index in [-0.39, 0.29) is 12.8 Å². The molecule has 0 fully saturated rings. The lowest BCUT2D eigenvalue weighted by atomic mass is 10.00. The van der Waals surface area contributed by atoms with Crippen molar-refractivity contribution in [3.8, 4) is 0 Å². The van der Waals surface area contributed by atoms with E-state index in [1.54, 1.807) is 0 Å². The molecule has 0 aliphatic carbocycles. The zero-order chi connectivity index (χ0) is 11.3. The Morgan fingerprint density at radius 2 is 1.50 bits per heavy atom. The molecule has 0 aromatic heterocycles. The minimum Gasteiger partial charge on any atom is -0.389 e. The van der Waals surface area contributed by atoms with E-state index in [2.05, 4.69) is 0 Å². The maximum absolute atomic E-state index is 10.0. The SMILES string of the molecule is NC[C@@H](O)[C@@H](O)[C@@H](O)[C@H](O)[C@@H](O)C=O. The standard InChI is InChI=1S/C7H15NO6/c8-1-3(10)5(12)7(14)6(13)4(11)2-9/h2-7,10-14H,1,8H2/t3-,4+,5-,6-,7-/m1/s1. The maximum Gasteiger partial charge on any atom is 0.151 e. The summed E-state index contributed by atoms with van der Waals surface area (Å²) < 4.78 is 0. The van der Waals surface area contributed by atoms with Crippen molar-refractivity contribution in [2.75, 3.05) is 6.54 Å². The van der Waals surface area contributed by atoms with E-state index >= 15 is 0 Å². The van der Waals surface area contributed by atoms with E-state index in [0.717, 1.165) is 0 Å². The third kappa shape index (κ3) is 3.29. The lowest BCUT2D eigenvalue weighted by molar-refractivity contribution is -0.143. The molecule has 7 nitrogen and oxygen atoms in total. The number of nitrogens with two attached hydrogens (primary N) is 1. The highest BCUT2D eigenvalue weighted by Gasteiger charge is 2.33. The van der Waals surface area contributed by atoms with Gasteiger partial charge in [0.15, 0.2) is 6.29 Å². The third-order valence-corrected chi connectivity index (χ3v) is 1.82. The topological polar surface area (TPSA) is 144 Å². The van der Waals surface area contributed by atoms with Crippen molar-refractivity contribution in [2.45, 2.75) is 30.5 Å². The van der Waals surface area contributed by atoms with Crippen LogP contribution in [0.4, 0.5) is 0 Å². The summed E-state index contributed by atoms with van der Waals surface area (Å²) in [6.45, 7) is -0.317. The van der Waals surface area contributed by atoms with Crippen molar-refractivity contribution in [2.24, 2.45) is 5.73 Å². The predicted octanol–water partition coefficient (Wildman–Crippen LogP) is -4.05. The third-order valence-electron chi connectivity index (χ3n) is 1.82. The molecule has 0 rings (SSSR count). The highest BCUT2D eigenvalue weighted by molar-refractivity contribution is 5.56. The van der Waals surface area contributed by atoms with Gasteiger partial charge in [0.1, 0.15) is 24.4 Å². The molecular formula is C7H15NO6. The van der Waals surface area contributed by atoms with Crippen molar-refractivity contribution in [1.82, 2.24) is 0 Å². The zero-order valence-electron chi connectivity index (χ0n) is 7.39. The van der Waals surface area contributed by atoms with Crippen LogP contribution in [0.2, 0.25) is 0 Å². The fourth-order valence-corrected chi connectivity index (χ4v) is 0.852. The van der Waals surface area contributed by atoms with Crippen molar-refractivity contribution in [1.29, 1.82) is 0 Å². The Morgan fingerprint density at radius 1 is 1.00 bits per heavy atom. The first kappa shape index (κ1) is 13.4. The second kappa shape index (κ2) is 6.02. The minimum absolute atomic E-state index is 0.00936. The molecule has 7 heteroatoms. The summed E-state index contributed by atoms with van der Waals surface area (Å²) in [4.78, 5) is 10.0. The summed E-state index contributed by atoms with van der Waals surface area (Å²) in [5, 5.41) is 45.1. The van der Waals surface area contributed by atoms with Crippen molar-refractivity contribution in [3.63, 3.8) is 0 Å². The molecule has 0 bridgehead atoms. The molecule has 5 atom stereocenters. The second-order valence-corrected chi connectivity index (χ2v) is 2.90. The van der Waals surface area contributed by atoms with Gasteiger partial charge >= 0.3 is 0 Å². The van der Waals surface area contributed by atoms with Gasteiger partial charge in [0.2, 0.25) is 0 Å². The molecule has 84 valence electrons. The molecule has 0 unspecified atom stereocenters. The first-order valence-electron chi connectivity index (χ1n) is 4.01. The van der Waals surface area contributed by atoms with Crippen LogP contribution in [0.1, 0.15) is 0 Å². The Hall–Kier alpha value is -0.570. The van der Waals surface area contributed by atoms with Gasteiger partial charge in [-0.1, -0.05) is 0 Å². The lowest BCUT2D eigenvalue weighted by Crippen LogP contribution is -2.51. The van der Waals surface area contributed by atoms with Crippen molar-refractivity contribution >= 4 is 6.29 Å². The van der Waals surface area contributed by atoms with Gasteiger partial charge in [-0.05, 0) is 0 Å². The Kier molecular flexibility index (Phi) is 5.77. The molecule has 7 N–H and O–H groups in total. The van der Waals surface area contributed by atoms with Gasteiger partial charge in [-0.15, -0.1) is 0 Å². The zero-order valence-corrected chi connectivity index (χ0v) is 7.39. The van der Waals surface area contributed by atoms with Crippen LogP contribution in [-0.4, -0.2) is 68.9 Å². The maximum atomic E-state index is 10.0. The highest BCUT2D eigenvalue weighted by Crippen LogP contribution is 2.06. The Balaban J connectivity index is 4.29. The highest BCUT2D eigenvalue weighted by atomic mass is 16.4. The number of carbonyl (C=O) groups is 1. The van der Waals surface area contributed by atoms with Crippen LogP contribution in [0.15, 0.2) is 0 Å². The van der Waals surface area contributed by atoms with E-state index in [9.17, 15) is 4.79 Å². The molecule has 0 aromatic rings. The summed E-state index contributed by atoms with van der Waals surface area (Å²) in [6, 6.07) is 0. The molecule has 0 saturated carbocycles. The predicted molar refractivity (Wildman–Crippen MR) is 45.2 cm³/mol. The summed E-state index contributed by atoms with van der Waals surface area (Å²) in [6.07, 6.45) is -8.65. The van der Waals surface area contributed by atoms with Crippen LogP contribution in [0.3, 0.4) is 0 Å². The first-order valence-corrected chi connectivity index (χ1v) is 4.01. The minimum atomic E-state index is -1.86. The van der Waals surface area contributed by atoms with Gasteiger partial charge < -0.3 is 36.1 Å². The number of rotatable bonds is 6. The van der Waals surface area contributed by atoms with Gasteiger partial charge in [-0.25, -0.2) is 0 Å². The molecule has 0 heterocycles. The van der Waals surface area contributed by atoms with E-state index in [1.165, 1.54) is 0 Å². The fraction of sp³-hybridized carbons (Fsp3) is 0.857. The molecule has 0 radical (unpaired) electrons. The van der Waals surface area contributed by atoms with Crippen LogP contribution in [0.25, 0.3) is 0 Å². The van der Waals surface area contributed by atoms with Crippen LogP contribution in [-0.2, 0) is 4.79 Å². The van der Waals surface area contributed by atoms with Crippen LogP contribution < -0.4 is 5.73 Å². The Labute approximate surface area is 80.4 Å². The number of hydrogen-bond donors (Lipinski definition) is 6. The Bertz CT molecular complexity index is 178. The smallest absolute Gasteiger partial charge is 0.151 e. The first-order chi connectivity index (χ1) is 6.45. The quantitative estimate of drug-likeness (QED) is 0.244. The van der Waals surface area contributed by atoms with Gasteiger partial charge in [0, 0.05) is 6.54 Å². The average Bonchev–Trinajstić information content (AvgIpc) is 2.23. The summed E-state index contributed by atoms with van der Waals surface area (Å²) in [5.41, 5.74) is 4.98.